The molecule has 1 aromatic rings. The van der Waals surface area contributed by atoms with Crippen molar-refractivity contribution in [1.82, 2.24) is 5.32 Å². The summed E-state index contributed by atoms with van der Waals surface area (Å²) < 4.78 is 0. The van der Waals surface area contributed by atoms with E-state index in [4.69, 9.17) is 23.2 Å². The molecule has 2 rings (SSSR count). The summed E-state index contributed by atoms with van der Waals surface area (Å²) in [6, 6.07) is 5.65. The topological polar surface area (TPSA) is 24.4 Å². The summed E-state index contributed by atoms with van der Waals surface area (Å²) in [7, 11) is 0. The van der Waals surface area contributed by atoms with Gasteiger partial charge in [0.05, 0.1) is 10.8 Å². The van der Waals surface area contributed by atoms with Gasteiger partial charge < -0.3 is 5.32 Å². The van der Waals surface area contributed by atoms with E-state index in [9.17, 15) is 0 Å². The first-order chi connectivity index (χ1) is 8.56. The molecule has 0 radical (unpaired) electrons. The number of aliphatic imine (C=N–C) groups is 1. The normalized spacial score (nSPS) is 20.7. The predicted molar refractivity (Wildman–Crippen MR) is 82.1 cm³/mol. The van der Waals surface area contributed by atoms with E-state index in [2.05, 4.69) is 26.2 Å². The van der Waals surface area contributed by atoms with Crippen molar-refractivity contribution in [3.63, 3.8) is 0 Å². The molecule has 1 heterocycles. The lowest BCUT2D eigenvalue weighted by Gasteiger charge is -2.13. The van der Waals surface area contributed by atoms with Crippen LogP contribution in [0, 0.1) is 5.92 Å². The maximum atomic E-state index is 6.18. The fourth-order valence-corrected chi connectivity index (χ4v) is 2.94. The fraction of sp³-hybridized carbons (Fsp3) is 0.462. The van der Waals surface area contributed by atoms with Gasteiger partial charge in [0.2, 0.25) is 0 Å². The molecule has 1 aliphatic rings. The van der Waals surface area contributed by atoms with Gasteiger partial charge in [-0.2, -0.15) is 0 Å². The fourth-order valence-electron chi connectivity index (χ4n) is 2.13. The van der Waals surface area contributed by atoms with Crippen molar-refractivity contribution >= 4 is 45.0 Å². The first-order valence-electron chi connectivity index (χ1n) is 5.93. The number of nitrogens with zero attached hydrogens (tertiary/aromatic N) is 1. The van der Waals surface area contributed by atoms with Gasteiger partial charge in [0.25, 0.3) is 0 Å². The van der Waals surface area contributed by atoms with E-state index in [1.165, 1.54) is 0 Å². The molecule has 0 spiro atoms. The van der Waals surface area contributed by atoms with Crippen molar-refractivity contribution in [2.75, 3.05) is 6.54 Å². The molecule has 0 amide bonds. The lowest BCUT2D eigenvalue weighted by molar-refractivity contribution is 0.588. The largest absolute Gasteiger partial charge is 0.362 e. The summed E-state index contributed by atoms with van der Waals surface area (Å²) in [5.74, 6) is 1.55. The van der Waals surface area contributed by atoms with Gasteiger partial charge in [0.1, 0.15) is 0 Å². The molecule has 0 aromatic heterocycles. The minimum absolute atomic E-state index is 0.249. The van der Waals surface area contributed by atoms with Gasteiger partial charge >= 0.3 is 0 Å². The molecular formula is C13H15BrCl2N2. The van der Waals surface area contributed by atoms with Gasteiger partial charge in [0, 0.05) is 23.0 Å². The van der Waals surface area contributed by atoms with Gasteiger partial charge in [-0.3, -0.25) is 4.99 Å². The van der Waals surface area contributed by atoms with Gasteiger partial charge in [-0.25, -0.2) is 0 Å². The van der Waals surface area contributed by atoms with Gasteiger partial charge in [0.15, 0.2) is 0 Å². The van der Waals surface area contributed by atoms with Crippen LogP contribution >= 0.6 is 39.1 Å². The van der Waals surface area contributed by atoms with Crippen LogP contribution in [-0.2, 0) is 6.42 Å². The molecule has 2 nitrogen and oxygen atoms in total. The third kappa shape index (κ3) is 3.62. The first kappa shape index (κ1) is 14.2. The minimum atomic E-state index is 0.249. The summed E-state index contributed by atoms with van der Waals surface area (Å²) in [5, 5.41) is 4.78. The van der Waals surface area contributed by atoms with Gasteiger partial charge in [-0.1, -0.05) is 45.2 Å². The second kappa shape index (κ2) is 6.27. The Kier molecular flexibility index (Phi) is 4.93. The van der Waals surface area contributed by atoms with Crippen LogP contribution in [0.5, 0.6) is 0 Å². The van der Waals surface area contributed by atoms with E-state index in [0.29, 0.717) is 5.92 Å². The zero-order valence-electron chi connectivity index (χ0n) is 10.1. The molecule has 18 heavy (non-hydrogen) atoms. The Labute approximate surface area is 126 Å². The van der Waals surface area contributed by atoms with Crippen molar-refractivity contribution in [3.05, 3.63) is 33.8 Å². The summed E-state index contributed by atoms with van der Waals surface area (Å²) in [5.41, 5.74) is 1.04. The Bertz CT molecular complexity index is 440. The number of alkyl halides is 1. The molecule has 2 unspecified atom stereocenters. The maximum Gasteiger partial charge on any atom is 0.0975 e. The lowest BCUT2D eigenvalue weighted by atomic mass is 9.97. The van der Waals surface area contributed by atoms with Crippen LogP contribution < -0.4 is 5.32 Å². The van der Waals surface area contributed by atoms with E-state index in [1.54, 1.807) is 0 Å². The Balaban J connectivity index is 1.97. The number of rotatable bonds is 3. The van der Waals surface area contributed by atoms with Crippen molar-refractivity contribution in [3.8, 4) is 0 Å². The van der Waals surface area contributed by atoms with Crippen molar-refractivity contribution < 1.29 is 0 Å². The molecule has 5 heteroatoms. The average Bonchev–Trinajstić information content (AvgIpc) is 2.70. The van der Waals surface area contributed by atoms with E-state index < -0.39 is 0 Å². The Morgan fingerprint density at radius 2 is 2.11 bits per heavy atom. The smallest absolute Gasteiger partial charge is 0.0975 e. The number of hydrogen-bond donors (Lipinski definition) is 1. The monoisotopic (exact) mass is 348 g/mol. The molecule has 0 aliphatic carbocycles. The Hall–Kier alpha value is -0.250. The molecule has 2 atom stereocenters. The average molecular weight is 350 g/mol. The third-order valence-corrected chi connectivity index (χ3v) is 3.88. The van der Waals surface area contributed by atoms with Crippen LogP contribution in [0.3, 0.4) is 0 Å². The summed E-state index contributed by atoms with van der Waals surface area (Å²) in [6.07, 6.45) is 1.83. The van der Waals surface area contributed by atoms with Crippen molar-refractivity contribution in [2.24, 2.45) is 10.9 Å². The second-order valence-electron chi connectivity index (χ2n) is 4.52. The second-order valence-corrected chi connectivity index (χ2v) is 6.71. The summed E-state index contributed by atoms with van der Waals surface area (Å²) in [4.78, 5) is 4.75. The number of hydrogen-bond acceptors (Lipinski definition) is 2. The van der Waals surface area contributed by atoms with Crippen molar-refractivity contribution in [1.29, 1.82) is 0 Å². The van der Waals surface area contributed by atoms with Crippen LogP contribution in [0.25, 0.3) is 0 Å². The standard InChI is InChI=1S/C13H15BrCl2N2/c1-8(14)18-13-6-9(7-17-13)5-10-11(15)3-2-4-12(10)16/h2-4,8-9H,5-7H2,1H3,(H,17,18). The molecule has 1 aromatic carbocycles. The number of benzene rings is 1. The Morgan fingerprint density at radius 3 is 2.72 bits per heavy atom. The van der Waals surface area contributed by atoms with E-state index in [-0.39, 0.29) is 4.95 Å². The highest BCUT2D eigenvalue weighted by molar-refractivity contribution is 9.09. The molecule has 1 aliphatic heterocycles. The van der Waals surface area contributed by atoms with Gasteiger partial charge in [-0.15, -0.1) is 0 Å². The lowest BCUT2D eigenvalue weighted by Crippen LogP contribution is -2.27. The van der Waals surface area contributed by atoms with Crippen LogP contribution in [0.2, 0.25) is 10.0 Å². The highest BCUT2D eigenvalue weighted by Crippen LogP contribution is 2.29. The molecular weight excluding hydrogens is 335 g/mol. The van der Waals surface area contributed by atoms with Gasteiger partial charge in [-0.05, 0) is 37.0 Å². The quantitative estimate of drug-likeness (QED) is 0.639. The van der Waals surface area contributed by atoms with Crippen LogP contribution in [-0.4, -0.2) is 17.3 Å². The highest BCUT2D eigenvalue weighted by Gasteiger charge is 2.21. The maximum absolute atomic E-state index is 6.18. The highest BCUT2D eigenvalue weighted by atomic mass is 79.9. The number of amidine groups is 1. The summed E-state index contributed by atoms with van der Waals surface area (Å²) in [6.45, 7) is 2.88. The molecule has 0 saturated carbocycles. The molecule has 0 fully saturated rings. The van der Waals surface area contributed by atoms with E-state index >= 15 is 0 Å². The van der Waals surface area contributed by atoms with Crippen LogP contribution in [0.15, 0.2) is 23.2 Å². The third-order valence-electron chi connectivity index (χ3n) is 2.94. The molecule has 0 saturated heterocycles. The zero-order chi connectivity index (χ0) is 13.1. The summed E-state index contributed by atoms with van der Waals surface area (Å²) >= 11 is 15.8. The Morgan fingerprint density at radius 1 is 1.44 bits per heavy atom. The zero-order valence-corrected chi connectivity index (χ0v) is 13.2. The van der Waals surface area contributed by atoms with Crippen LogP contribution in [0.1, 0.15) is 18.9 Å². The SMILES string of the molecule is CC(Br)NC1=NCC(Cc2c(Cl)cccc2Cl)C1. The number of nitrogens with one attached hydrogen (secondary N) is 1. The first-order valence-corrected chi connectivity index (χ1v) is 7.60. The molecule has 0 bridgehead atoms. The van der Waals surface area contributed by atoms with Crippen molar-refractivity contribution in [2.45, 2.75) is 24.7 Å². The minimum Gasteiger partial charge on any atom is -0.362 e. The predicted octanol–water partition coefficient (Wildman–Crippen LogP) is 4.28. The number of halogens is 3. The van der Waals surface area contributed by atoms with E-state index in [0.717, 1.165) is 40.8 Å². The molecule has 1 N–H and O–H groups in total. The van der Waals surface area contributed by atoms with Crippen LogP contribution in [0.4, 0.5) is 0 Å². The molecule has 98 valence electrons. The van der Waals surface area contributed by atoms with E-state index in [1.807, 2.05) is 25.1 Å².